The van der Waals surface area contributed by atoms with Gasteiger partial charge >= 0.3 is 0 Å². The Balaban J connectivity index is 2.01. The van der Waals surface area contributed by atoms with Gasteiger partial charge < -0.3 is 5.32 Å². The minimum Gasteiger partial charge on any atom is -0.313 e. The lowest BCUT2D eigenvalue weighted by atomic mass is 10.1. The molecule has 0 bridgehead atoms. The van der Waals surface area contributed by atoms with Crippen LogP contribution in [0.5, 0.6) is 0 Å². The van der Waals surface area contributed by atoms with Crippen LogP contribution in [-0.4, -0.2) is 35.6 Å². The SMILES string of the molecule is CCCCN(CC1CCCN1)C(C)c1ccc(F)cn1. The Kier molecular flexibility index (Phi) is 5.92. The molecule has 2 atom stereocenters. The van der Waals surface area contributed by atoms with Gasteiger partial charge in [-0.1, -0.05) is 13.3 Å². The van der Waals surface area contributed by atoms with E-state index in [0.29, 0.717) is 6.04 Å². The summed E-state index contributed by atoms with van der Waals surface area (Å²) in [4.78, 5) is 6.72. The molecule has 0 aliphatic carbocycles. The van der Waals surface area contributed by atoms with Gasteiger partial charge in [0.2, 0.25) is 0 Å². The molecular formula is C16H26FN3. The molecule has 0 spiro atoms. The van der Waals surface area contributed by atoms with E-state index >= 15 is 0 Å². The number of rotatable bonds is 7. The molecule has 2 heterocycles. The molecule has 2 rings (SSSR count). The smallest absolute Gasteiger partial charge is 0.141 e. The Hall–Kier alpha value is -1.00. The molecule has 1 saturated heterocycles. The van der Waals surface area contributed by atoms with Gasteiger partial charge in [-0.25, -0.2) is 4.39 Å². The van der Waals surface area contributed by atoms with Gasteiger partial charge in [0.05, 0.1) is 11.9 Å². The van der Waals surface area contributed by atoms with Crippen LogP contribution >= 0.6 is 0 Å². The van der Waals surface area contributed by atoms with Gasteiger partial charge in [0, 0.05) is 18.6 Å². The molecule has 1 aromatic rings. The number of pyridine rings is 1. The summed E-state index contributed by atoms with van der Waals surface area (Å²) in [6, 6.07) is 4.14. The Morgan fingerprint density at radius 1 is 1.50 bits per heavy atom. The Bertz CT molecular complexity index is 387. The maximum absolute atomic E-state index is 13.0. The van der Waals surface area contributed by atoms with E-state index in [1.54, 1.807) is 6.07 Å². The molecule has 4 heteroatoms. The van der Waals surface area contributed by atoms with Crippen LogP contribution < -0.4 is 5.32 Å². The second-order valence-electron chi connectivity index (χ2n) is 5.72. The van der Waals surface area contributed by atoms with Crippen molar-refractivity contribution < 1.29 is 4.39 Å². The highest BCUT2D eigenvalue weighted by Crippen LogP contribution is 2.21. The van der Waals surface area contributed by atoms with Gasteiger partial charge in [-0.15, -0.1) is 0 Å². The predicted molar refractivity (Wildman–Crippen MR) is 80.1 cm³/mol. The molecule has 0 aromatic carbocycles. The first-order chi connectivity index (χ1) is 9.70. The first kappa shape index (κ1) is 15.4. The Morgan fingerprint density at radius 2 is 2.35 bits per heavy atom. The highest BCUT2D eigenvalue weighted by molar-refractivity contribution is 5.09. The lowest BCUT2D eigenvalue weighted by Gasteiger charge is -2.31. The summed E-state index contributed by atoms with van der Waals surface area (Å²) in [5, 5.41) is 3.56. The molecule has 3 nitrogen and oxygen atoms in total. The molecule has 1 N–H and O–H groups in total. The number of unbranched alkanes of at least 4 members (excludes halogenated alkanes) is 1. The molecule has 112 valence electrons. The van der Waals surface area contributed by atoms with Crippen molar-refractivity contribution in [2.45, 2.75) is 51.6 Å². The second-order valence-corrected chi connectivity index (χ2v) is 5.72. The third-order valence-corrected chi connectivity index (χ3v) is 4.14. The van der Waals surface area contributed by atoms with E-state index in [9.17, 15) is 4.39 Å². The Morgan fingerprint density at radius 3 is 2.95 bits per heavy atom. The van der Waals surface area contributed by atoms with Crippen LogP contribution in [0.25, 0.3) is 0 Å². The Labute approximate surface area is 121 Å². The van der Waals surface area contributed by atoms with Gasteiger partial charge in [-0.05, 0) is 51.4 Å². The number of hydrogen-bond acceptors (Lipinski definition) is 3. The number of hydrogen-bond donors (Lipinski definition) is 1. The van der Waals surface area contributed by atoms with E-state index < -0.39 is 0 Å². The summed E-state index contributed by atoms with van der Waals surface area (Å²) in [7, 11) is 0. The van der Waals surface area contributed by atoms with Crippen molar-refractivity contribution in [3.05, 3.63) is 29.8 Å². The lowest BCUT2D eigenvalue weighted by molar-refractivity contribution is 0.186. The largest absolute Gasteiger partial charge is 0.313 e. The zero-order chi connectivity index (χ0) is 14.4. The fourth-order valence-electron chi connectivity index (χ4n) is 2.82. The minimum absolute atomic E-state index is 0.240. The molecule has 1 fully saturated rings. The number of aromatic nitrogens is 1. The number of nitrogens with one attached hydrogen (secondary N) is 1. The first-order valence-electron chi connectivity index (χ1n) is 7.79. The molecule has 1 aliphatic heterocycles. The molecule has 0 saturated carbocycles. The molecule has 1 aromatic heterocycles. The van der Waals surface area contributed by atoms with Gasteiger partial charge in [0.25, 0.3) is 0 Å². The number of halogens is 1. The fourth-order valence-corrected chi connectivity index (χ4v) is 2.82. The minimum atomic E-state index is -0.265. The van der Waals surface area contributed by atoms with Gasteiger partial charge in [0.15, 0.2) is 0 Å². The molecule has 20 heavy (non-hydrogen) atoms. The maximum Gasteiger partial charge on any atom is 0.141 e. The first-order valence-corrected chi connectivity index (χ1v) is 7.79. The molecule has 1 aliphatic rings. The topological polar surface area (TPSA) is 28.2 Å². The highest BCUT2D eigenvalue weighted by atomic mass is 19.1. The normalized spacial score (nSPS) is 20.5. The van der Waals surface area contributed by atoms with Crippen LogP contribution in [0.4, 0.5) is 4.39 Å². The van der Waals surface area contributed by atoms with E-state index in [-0.39, 0.29) is 11.9 Å². The summed E-state index contributed by atoms with van der Waals surface area (Å²) in [6.07, 6.45) is 6.23. The predicted octanol–water partition coefficient (Wildman–Crippen LogP) is 3.14. The van der Waals surface area contributed by atoms with Crippen molar-refractivity contribution in [2.75, 3.05) is 19.6 Å². The van der Waals surface area contributed by atoms with Crippen LogP contribution in [0.3, 0.4) is 0 Å². The monoisotopic (exact) mass is 279 g/mol. The lowest BCUT2D eigenvalue weighted by Crippen LogP contribution is -2.39. The quantitative estimate of drug-likeness (QED) is 0.831. The van der Waals surface area contributed by atoms with E-state index in [2.05, 4.69) is 29.0 Å². The van der Waals surface area contributed by atoms with E-state index in [0.717, 1.165) is 25.3 Å². The average Bonchev–Trinajstić information content (AvgIpc) is 2.96. The van der Waals surface area contributed by atoms with Crippen LogP contribution in [0.2, 0.25) is 0 Å². The maximum atomic E-state index is 13.0. The summed E-state index contributed by atoms with van der Waals surface area (Å²) in [5.41, 5.74) is 0.959. The molecular weight excluding hydrogens is 253 g/mol. The summed E-state index contributed by atoms with van der Waals surface area (Å²) >= 11 is 0. The van der Waals surface area contributed by atoms with Crippen molar-refractivity contribution in [2.24, 2.45) is 0 Å². The summed E-state index contributed by atoms with van der Waals surface area (Å²) in [6.45, 7) is 7.66. The standard InChI is InChI=1S/C16H26FN3/c1-3-4-10-20(12-15-6-5-9-18-15)13(2)16-8-7-14(17)11-19-16/h7-8,11,13,15,18H,3-6,9-10,12H2,1-2H3. The third kappa shape index (κ3) is 4.25. The fraction of sp³-hybridized carbons (Fsp3) is 0.688. The van der Waals surface area contributed by atoms with Crippen LogP contribution in [0, 0.1) is 5.82 Å². The van der Waals surface area contributed by atoms with Crippen molar-refractivity contribution in [1.29, 1.82) is 0 Å². The van der Waals surface area contributed by atoms with E-state index in [1.807, 2.05) is 0 Å². The number of nitrogens with zero attached hydrogens (tertiary/aromatic N) is 2. The van der Waals surface area contributed by atoms with Gasteiger partial charge in [-0.2, -0.15) is 0 Å². The van der Waals surface area contributed by atoms with Crippen molar-refractivity contribution in [3.8, 4) is 0 Å². The van der Waals surface area contributed by atoms with Crippen molar-refractivity contribution in [1.82, 2.24) is 15.2 Å². The van der Waals surface area contributed by atoms with Gasteiger partial charge in [0.1, 0.15) is 5.82 Å². The highest BCUT2D eigenvalue weighted by Gasteiger charge is 2.22. The average molecular weight is 279 g/mol. The van der Waals surface area contributed by atoms with Gasteiger partial charge in [-0.3, -0.25) is 9.88 Å². The van der Waals surface area contributed by atoms with Crippen LogP contribution in [-0.2, 0) is 0 Å². The molecule has 2 unspecified atom stereocenters. The van der Waals surface area contributed by atoms with Crippen molar-refractivity contribution >= 4 is 0 Å². The molecule has 0 radical (unpaired) electrons. The summed E-state index contributed by atoms with van der Waals surface area (Å²) in [5.74, 6) is -0.265. The third-order valence-electron chi connectivity index (χ3n) is 4.14. The van der Waals surface area contributed by atoms with E-state index in [4.69, 9.17) is 0 Å². The van der Waals surface area contributed by atoms with E-state index in [1.165, 1.54) is 37.9 Å². The van der Waals surface area contributed by atoms with Crippen LogP contribution in [0.1, 0.15) is 51.3 Å². The van der Waals surface area contributed by atoms with Crippen molar-refractivity contribution in [3.63, 3.8) is 0 Å². The second kappa shape index (κ2) is 7.70. The zero-order valence-corrected chi connectivity index (χ0v) is 12.6. The zero-order valence-electron chi connectivity index (χ0n) is 12.6. The van der Waals surface area contributed by atoms with Crippen LogP contribution in [0.15, 0.2) is 18.3 Å². The molecule has 0 amide bonds. The summed E-state index contributed by atoms with van der Waals surface area (Å²) < 4.78 is 13.0.